The maximum absolute atomic E-state index is 12.9. The highest BCUT2D eigenvalue weighted by molar-refractivity contribution is 5.86. The third kappa shape index (κ3) is 3.39. The van der Waals surface area contributed by atoms with Crippen LogP contribution in [-0.2, 0) is 18.4 Å². The molecular weight excluding hydrogens is 299 g/mol. The Bertz CT molecular complexity index is 726. The van der Waals surface area contributed by atoms with E-state index >= 15 is 0 Å². The molecular formula is C16H18FN4O2+. The van der Waals surface area contributed by atoms with Gasteiger partial charge in [0.15, 0.2) is 0 Å². The molecule has 1 aliphatic rings. The Morgan fingerprint density at radius 3 is 2.61 bits per heavy atom. The number of benzene rings is 1. The van der Waals surface area contributed by atoms with Gasteiger partial charge in [0.2, 0.25) is 5.91 Å². The van der Waals surface area contributed by atoms with Crippen molar-refractivity contribution in [1.29, 1.82) is 0 Å². The van der Waals surface area contributed by atoms with E-state index in [1.54, 1.807) is 40.3 Å². The molecule has 2 amide bonds. The number of imidazole rings is 1. The maximum atomic E-state index is 12.9. The molecule has 0 saturated carbocycles. The van der Waals surface area contributed by atoms with Gasteiger partial charge in [-0.25, -0.2) is 13.8 Å². The van der Waals surface area contributed by atoms with E-state index in [-0.39, 0.29) is 24.3 Å². The number of amides is 2. The Labute approximate surface area is 133 Å². The van der Waals surface area contributed by atoms with Gasteiger partial charge >= 0.3 is 6.03 Å². The molecule has 1 aromatic carbocycles. The number of hydrogen-bond acceptors (Lipinski definition) is 2. The van der Waals surface area contributed by atoms with Gasteiger partial charge in [-0.3, -0.25) is 9.69 Å². The van der Waals surface area contributed by atoms with Crippen molar-refractivity contribution in [3.63, 3.8) is 0 Å². The second-order valence-electron chi connectivity index (χ2n) is 5.63. The van der Waals surface area contributed by atoms with Gasteiger partial charge in [0.05, 0.1) is 7.05 Å². The van der Waals surface area contributed by atoms with E-state index < -0.39 is 0 Å². The predicted octanol–water partition coefficient (Wildman–Crippen LogP) is 0.764. The van der Waals surface area contributed by atoms with Crippen LogP contribution in [0.15, 0.2) is 43.0 Å². The first-order chi connectivity index (χ1) is 11.0. The van der Waals surface area contributed by atoms with E-state index in [0.717, 1.165) is 5.56 Å². The summed E-state index contributed by atoms with van der Waals surface area (Å²) in [7, 11) is 1.83. The lowest BCUT2D eigenvalue weighted by molar-refractivity contribution is -0.670. The minimum absolute atomic E-state index is 0.0575. The topological polar surface area (TPSA) is 49.4 Å². The summed E-state index contributed by atoms with van der Waals surface area (Å²) in [5.74, 6) is -0.402. The van der Waals surface area contributed by atoms with Crippen molar-refractivity contribution in [2.75, 3.05) is 19.6 Å². The molecule has 120 valence electrons. The molecule has 2 heterocycles. The average molecular weight is 317 g/mol. The number of carbonyl (C=O) groups is 2. The summed E-state index contributed by atoms with van der Waals surface area (Å²) >= 11 is 0. The van der Waals surface area contributed by atoms with E-state index in [4.69, 9.17) is 0 Å². The van der Waals surface area contributed by atoms with Crippen LogP contribution in [0.4, 0.5) is 9.18 Å². The quantitative estimate of drug-likeness (QED) is 0.768. The molecule has 1 aliphatic heterocycles. The van der Waals surface area contributed by atoms with E-state index in [0.29, 0.717) is 19.6 Å². The second kappa shape index (κ2) is 6.20. The van der Waals surface area contributed by atoms with Crippen LogP contribution in [0.5, 0.6) is 0 Å². The summed E-state index contributed by atoms with van der Waals surface area (Å²) in [5, 5.41) is 0. The molecule has 23 heavy (non-hydrogen) atoms. The van der Waals surface area contributed by atoms with Gasteiger partial charge in [-0.15, -0.1) is 0 Å². The number of halogens is 1. The van der Waals surface area contributed by atoms with Gasteiger partial charge < -0.3 is 4.90 Å². The van der Waals surface area contributed by atoms with Crippen LogP contribution in [0.25, 0.3) is 0 Å². The molecule has 1 aromatic heterocycles. The normalized spacial score (nSPS) is 15.1. The number of carbonyl (C=O) groups excluding carboxylic acids is 2. The zero-order chi connectivity index (χ0) is 16.4. The molecule has 0 atom stereocenters. The molecule has 0 radical (unpaired) electrons. The zero-order valence-electron chi connectivity index (χ0n) is 12.9. The smallest absolute Gasteiger partial charge is 0.335 e. The first kappa shape index (κ1) is 15.2. The summed E-state index contributed by atoms with van der Waals surface area (Å²) < 4.78 is 16.1. The van der Waals surface area contributed by atoms with Crippen LogP contribution in [-0.4, -0.2) is 45.9 Å². The fourth-order valence-electron chi connectivity index (χ4n) is 2.58. The molecule has 0 N–H and O–H groups in total. The van der Waals surface area contributed by atoms with Crippen molar-refractivity contribution in [1.82, 2.24) is 14.4 Å². The minimum Gasteiger partial charge on any atom is -0.335 e. The third-order valence-corrected chi connectivity index (χ3v) is 3.87. The highest BCUT2D eigenvalue weighted by atomic mass is 19.1. The van der Waals surface area contributed by atoms with Crippen molar-refractivity contribution in [3.05, 3.63) is 54.4 Å². The summed E-state index contributed by atoms with van der Waals surface area (Å²) in [5.41, 5.74) is 0.872. The lowest BCUT2D eigenvalue weighted by Gasteiger charge is -2.33. The van der Waals surface area contributed by atoms with Gasteiger partial charge in [-0.2, -0.15) is 4.57 Å². The monoisotopic (exact) mass is 317 g/mol. The number of hydrogen-bond donors (Lipinski definition) is 0. The molecule has 3 rings (SSSR count). The van der Waals surface area contributed by atoms with E-state index in [9.17, 15) is 14.0 Å². The summed E-state index contributed by atoms with van der Waals surface area (Å²) in [6.07, 6.45) is 5.10. The number of rotatable bonds is 2. The molecule has 0 unspecified atom stereocenters. The average Bonchev–Trinajstić information content (AvgIpc) is 2.97. The summed E-state index contributed by atoms with van der Waals surface area (Å²) in [4.78, 5) is 27.8. The van der Waals surface area contributed by atoms with Crippen LogP contribution < -0.4 is 4.57 Å². The third-order valence-electron chi connectivity index (χ3n) is 3.87. The fraction of sp³-hybridized carbons (Fsp3) is 0.312. The van der Waals surface area contributed by atoms with Crippen LogP contribution in [0.1, 0.15) is 5.56 Å². The van der Waals surface area contributed by atoms with Crippen LogP contribution in [0.3, 0.4) is 0 Å². The Hall–Kier alpha value is -2.70. The molecule has 7 heteroatoms. The number of aryl methyl sites for hydroxylation is 1. The first-order valence-corrected chi connectivity index (χ1v) is 7.37. The Kier molecular flexibility index (Phi) is 4.10. The van der Waals surface area contributed by atoms with Crippen molar-refractivity contribution < 1.29 is 18.5 Å². The van der Waals surface area contributed by atoms with Gasteiger partial charge in [0.1, 0.15) is 24.8 Å². The lowest BCUT2D eigenvalue weighted by atomic mass is 10.2. The highest BCUT2D eigenvalue weighted by Crippen LogP contribution is 2.11. The molecule has 2 aromatic rings. The summed E-state index contributed by atoms with van der Waals surface area (Å²) in [6.45, 7) is 1.44. The highest BCUT2D eigenvalue weighted by Gasteiger charge is 2.30. The van der Waals surface area contributed by atoms with E-state index in [1.165, 1.54) is 21.6 Å². The molecule has 6 nitrogen and oxygen atoms in total. The Morgan fingerprint density at radius 1 is 1.26 bits per heavy atom. The summed E-state index contributed by atoms with van der Waals surface area (Å²) in [6, 6.07) is 5.89. The maximum Gasteiger partial charge on any atom is 0.416 e. The fourth-order valence-corrected chi connectivity index (χ4v) is 2.58. The van der Waals surface area contributed by atoms with Crippen molar-refractivity contribution in [2.45, 2.75) is 6.54 Å². The van der Waals surface area contributed by atoms with E-state index in [1.807, 2.05) is 7.05 Å². The van der Waals surface area contributed by atoms with Gasteiger partial charge in [-0.05, 0) is 17.7 Å². The number of nitrogens with zero attached hydrogens (tertiary/aromatic N) is 4. The predicted molar refractivity (Wildman–Crippen MR) is 79.8 cm³/mol. The minimum atomic E-state index is -0.296. The zero-order valence-corrected chi connectivity index (χ0v) is 12.9. The lowest BCUT2D eigenvalue weighted by Crippen LogP contribution is -2.52. The molecule has 1 saturated heterocycles. The Morgan fingerprint density at radius 2 is 2.00 bits per heavy atom. The second-order valence-corrected chi connectivity index (χ2v) is 5.63. The van der Waals surface area contributed by atoms with Crippen molar-refractivity contribution >= 4 is 11.9 Å². The van der Waals surface area contributed by atoms with Crippen LogP contribution in [0, 0.1) is 5.82 Å². The largest absolute Gasteiger partial charge is 0.416 e. The SMILES string of the molecule is C[n+]1ccn(C(=O)N2CCN(Cc3ccc(F)cc3)C(=O)C2)c1. The number of aromatic nitrogens is 2. The molecule has 0 aliphatic carbocycles. The number of piperazine rings is 1. The van der Waals surface area contributed by atoms with E-state index in [2.05, 4.69) is 0 Å². The van der Waals surface area contributed by atoms with Gasteiger partial charge in [0.25, 0.3) is 6.33 Å². The van der Waals surface area contributed by atoms with Gasteiger partial charge in [-0.1, -0.05) is 12.1 Å². The standard InChI is InChI=1S/C16H18FN4O2/c1-18-6-7-21(12-18)16(23)20-9-8-19(15(22)11-20)10-13-2-4-14(17)5-3-13/h2-7,12H,8-11H2,1H3/q+1. The van der Waals surface area contributed by atoms with Gasteiger partial charge in [0, 0.05) is 19.6 Å². The Balaban J connectivity index is 1.62. The van der Waals surface area contributed by atoms with Crippen LogP contribution in [0.2, 0.25) is 0 Å². The molecule has 0 bridgehead atoms. The molecule has 0 spiro atoms. The van der Waals surface area contributed by atoms with Crippen molar-refractivity contribution in [2.24, 2.45) is 7.05 Å². The first-order valence-electron chi connectivity index (χ1n) is 7.37. The molecule has 1 fully saturated rings. The van der Waals surface area contributed by atoms with Crippen molar-refractivity contribution in [3.8, 4) is 0 Å². The van der Waals surface area contributed by atoms with Crippen LogP contribution >= 0.6 is 0 Å².